The van der Waals surface area contributed by atoms with E-state index in [1.54, 1.807) is 48.5 Å². The van der Waals surface area contributed by atoms with Crippen LogP contribution in [0.1, 0.15) is 26.3 Å². The zero-order valence-electron chi connectivity index (χ0n) is 15.5. The van der Waals surface area contributed by atoms with Crippen LogP contribution in [0.3, 0.4) is 0 Å². The van der Waals surface area contributed by atoms with Crippen LogP contribution in [0, 0.1) is 11.6 Å². The molecule has 2 N–H and O–H groups in total. The molecule has 1 aliphatic rings. The summed E-state index contributed by atoms with van der Waals surface area (Å²) in [6.07, 6.45) is 0. The lowest BCUT2D eigenvalue weighted by Gasteiger charge is -2.12. The third-order valence-corrected chi connectivity index (χ3v) is 4.93. The van der Waals surface area contributed by atoms with Crippen LogP contribution in [0.25, 0.3) is 0 Å². The second-order valence-corrected chi connectivity index (χ2v) is 6.96. The van der Waals surface area contributed by atoms with Crippen LogP contribution < -0.4 is 10.6 Å². The summed E-state index contributed by atoms with van der Waals surface area (Å²) >= 11 is 5.87. The first-order valence-corrected chi connectivity index (χ1v) is 9.57. The Hall–Kier alpha value is -3.51. The van der Waals surface area contributed by atoms with Crippen molar-refractivity contribution in [3.8, 4) is 0 Å². The number of anilines is 2. The van der Waals surface area contributed by atoms with Gasteiger partial charge in [-0.1, -0.05) is 30.3 Å². The summed E-state index contributed by atoms with van der Waals surface area (Å²) in [5.74, 6) is -2.88. The fourth-order valence-corrected chi connectivity index (χ4v) is 3.39. The number of ketones is 2. The van der Waals surface area contributed by atoms with Gasteiger partial charge in [0.05, 0.1) is 11.4 Å². The van der Waals surface area contributed by atoms with Gasteiger partial charge in [0, 0.05) is 23.1 Å². The number of para-hydroxylation sites is 2. The fraction of sp³-hybridized carbons (Fsp3) is 0.0435. The number of alkyl halides is 1. The number of carbonyl (C=O) groups is 2. The predicted octanol–water partition coefficient (Wildman–Crippen LogP) is 5.52. The minimum Gasteiger partial charge on any atom is -0.339 e. The van der Waals surface area contributed by atoms with Gasteiger partial charge < -0.3 is 10.6 Å². The van der Waals surface area contributed by atoms with Gasteiger partial charge in [0.15, 0.2) is 0 Å². The molecule has 1 heterocycles. The summed E-state index contributed by atoms with van der Waals surface area (Å²) in [5.41, 5.74) is 1.75. The summed E-state index contributed by atoms with van der Waals surface area (Å²) in [5, 5.41) is 6.01. The van der Waals surface area contributed by atoms with Crippen LogP contribution in [0.4, 0.5) is 20.2 Å². The Morgan fingerprint density at radius 2 is 1.37 bits per heavy atom. The standard InChI is InChI=1S/C23H15ClF2N2O2/c24-12-13-4-3-5-14(8-13)21(29)20(22(30)15-9-16(25)11-17(26)10-15)23-27-18-6-1-2-7-19(18)28-23/h1-11,27-28H,12H2. The van der Waals surface area contributed by atoms with Gasteiger partial charge in [-0.3, -0.25) is 9.59 Å². The Balaban J connectivity index is 1.84. The summed E-state index contributed by atoms with van der Waals surface area (Å²) in [6.45, 7) is 0. The molecule has 0 spiro atoms. The van der Waals surface area contributed by atoms with Crippen molar-refractivity contribution in [3.05, 3.63) is 106 Å². The molecule has 0 atom stereocenters. The molecule has 1 aliphatic heterocycles. The Bertz CT molecular complexity index is 1160. The lowest BCUT2D eigenvalue weighted by Crippen LogP contribution is -2.21. The van der Waals surface area contributed by atoms with E-state index in [0.717, 1.165) is 12.1 Å². The van der Waals surface area contributed by atoms with E-state index >= 15 is 0 Å². The van der Waals surface area contributed by atoms with E-state index in [-0.39, 0.29) is 28.4 Å². The van der Waals surface area contributed by atoms with E-state index in [1.165, 1.54) is 0 Å². The molecule has 150 valence electrons. The highest BCUT2D eigenvalue weighted by Gasteiger charge is 2.29. The number of fused-ring (bicyclic) bond motifs is 1. The van der Waals surface area contributed by atoms with E-state index in [9.17, 15) is 18.4 Å². The maximum Gasteiger partial charge on any atom is 0.200 e. The number of nitrogens with one attached hydrogen (secondary N) is 2. The van der Waals surface area contributed by atoms with Gasteiger partial charge in [-0.15, -0.1) is 11.6 Å². The monoisotopic (exact) mass is 424 g/mol. The lowest BCUT2D eigenvalue weighted by molar-refractivity contribution is 0.0960. The number of Topliss-reactive ketones (excluding diaryl/α,β-unsaturated/α-hetero) is 2. The van der Waals surface area contributed by atoms with Crippen molar-refractivity contribution >= 4 is 34.5 Å². The van der Waals surface area contributed by atoms with Gasteiger partial charge >= 0.3 is 0 Å². The van der Waals surface area contributed by atoms with Crippen molar-refractivity contribution in [2.24, 2.45) is 0 Å². The summed E-state index contributed by atoms with van der Waals surface area (Å²) < 4.78 is 27.5. The molecule has 3 aromatic carbocycles. The molecule has 4 nitrogen and oxygen atoms in total. The molecule has 0 radical (unpaired) electrons. The molecule has 0 aliphatic carbocycles. The molecule has 4 rings (SSSR count). The topological polar surface area (TPSA) is 58.2 Å². The van der Waals surface area contributed by atoms with Crippen molar-refractivity contribution in [3.63, 3.8) is 0 Å². The molecule has 0 fully saturated rings. The number of hydrogen-bond donors (Lipinski definition) is 2. The second kappa shape index (κ2) is 8.08. The third kappa shape index (κ3) is 3.82. The van der Waals surface area contributed by atoms with Gasteiger partial charge in [-0.05, 0) is 35.9 Å². The minimum atomic E-state index is -0.907. The second-order valence-electron chi connectivity index (χ2n) is 6.70. The predicted molar refractivity (Wildman–Crippen MR) is 112 cm³/mol. The highest BCUT2D eigenvalue weighted by Crippen LogP contribution is 2.32. The Morgan fingerprint density at radius 3 is 1.97 bits per heavy atom. The maximum absolute atomic E-state index is 13.7. The van der Waals surface area contributed by atoms with Crippen LogP contribution in [-0.4, -0.2) is 11.6 Å². The van der Waals surface area contributed by atoms with Crippen molar-refractivity contribution in [2.45, 2.75) is 5.88 Å². The quantitative estimate of drug-likeness (QED) is 0.186. The number of halogens is 3. The van der Waals surface area contributed by atoms with Crippen LogP contribution >= 0.6 is 11.6 Å². The van der Waals surface area contributed by atoms with Gasteiger partial charge in [-0.2, -0.15) is 0 Å². The first-order chi connectivity index (χ1) is 14.5. The van der Waals surface area contributed by atoms with Crippen LogP contribution in [0.15, 0.2) is 78.1 Å². The Morgan fingerprint density at radius 1 is 0.767 bits per heavy atom. The van der Waals surface area contributed by atoms with Gasteiger partial charge in [0.25, 0.3) is 0 Å². The van der Waals surface area contributed by atoms with E-state index in [4.69, 9.17) is 11.6 Å². The van der Waals surface area contributed by atoms with Gasteiger partial charge in [0.2, 0.25) is 11.6 Å². The smallest absolute Gasteiger partial charge is 0.200 e. The average molecular weight is 425 g/mol. The van der Waals surface area contributed by atoms with E-state index in [0.29, 0.717) is 23.0 Å². The lowest BCUT2D eigenvalue weighted by atomic mass is 9.94. The zero-order valence-corrected chi connectivity index (χ0v) is 16.3. The molecule has 30 heavy (non-hydrogen) atoms. The van der Waals surface area contributed by atoms with Crippen LogP contribution in [0.5, 0.6) is 0 Å². The molecule has 0 bridgehead atoms. The van der Waals surface area contributed by atoms with Gasteiger partial charge in [-0.25, -0.2) is 8.78 Å². The van der Waals surface area contributed by atoms with E-state index in [2.05, 4.69) is 10.6 Å². The molecule has 3 aromatic rings. The highest BCUT2D eigenvalue weighted by molar-refractivity contribution is 6.32. The van der Waals surface area contributed by atoms with Crippen molar-refractivity contribution in [2.75, 3.05) is 10.6 Å². The molecular weight excluding hydrogens is 410 g/mol. The Labute approximate surface area is 176 Å². The number of benzene rings is 3. The summed E-state index contributed by atoms with van der Waals surface area (Å²) in [4.78, 5) is 26.6. The van der Waals surface area contributed by atoms with Crippen molar-refractivity contribution in [1.29, 1.82) is 0 Å². The van der Waals surface area contributed by atoms with Gasteiger partial charge in [0.1, 0.15) is 23.0 Å². The SMILES string of the molecule is O=C(C(C(=O)c1cccc(CCl)c1)=C1Nc2ccccc2N1)c1cc(F)cc(F)c1. The van der Waals surface area contributed by atoms with E-state index in [1.807, 2.05) is 0 Å². The number of hydrogen-bond acceptors (Lipinski definition) is 4. The molecule has 0 aromatic heterocycles. The first kappa shape index (κ1) is 19.8. The fourth-order valence-electron chi connectivity index (χ4n) is 3.23. The third-order valence-electron chi connectivity index (χ3n) is 4.62. The maximum atomic E-state index is 13.7. The number of allylic oxidation sites excluding steroid dienone is 1. The summed E-state index contributed by atoms with van der Waals surface area (Å²) in [6, 6.07) is 16.2. The Kier molecular flexibility index (Phi) is 5.33. The zero-order chi connectivity index (χ0) is 21.3. The molecule has 0 unspecified atom stereocenters. The van der Waals surface area contributed by atoms with Crippen molar-refractivity contribution < 1.29 is 18.4 Å². The van der Waals surface area contributed by atoms with E-state index < -0.39 is 23.2 Å². The minimum absolute atomic E-state index is 0.146. The number of rotatable bonds is 5. The molecule has 0 saturated carbocycles. The van der Waals surface area contributed by atoms with Crippen LogP contribution in [-0.2, 0) is 5.88 Å². The largest absolute Gasteiger partial charge is 0.339 e. The number of carbonyl (C=O) groups excluding carboxylic acids is 2. The average Bonchev–Trinajstić information content (AvgIpc) is 3.16. The summed E-state index contributed by atoms with van der Waals surface area (Å²) in [7, 11) is 0. The molecule has 7 heteroatoms. The first-order valence-electron chi connectivity index (χ1n) is 9.04. The normalized spacial score (nSPS) is 12.0. The van der Waals surface area contributed by atoms with Crippen molar-refractivity contribution in [1.82, 2.24) is 0 Å². The highest BCUT2D eigenvalue weighted by atomic mass is 35.5. The van der Waals surface area contributed by atoms with Crippen LogP contribution in [0.2, 0.25) is 0 Å². The molecular formula is C23H15ClF2N2O2. The molecule has 0 saturated heterocycles. The molecule has 0 amide bonds.